The molecule has 0 aliphatic carbocycles. The molecule has 1 aliphatic rings. The van der Waals surface area contributed by atoms with E-state index in [0.29, 0.717) is 13.0 Å². The van der Waals surface area contributed by atoms with Crippen molar-refractivity contribution in [3.05, 3.63) is 66.0 Å². The Morgan fingerprint density at radius 1 is 1.05 bits per heavy atom. The molecule has 2 N–H and O–H groups in total. The molecule has 0 saturated carbocycles. The fourth-order valence-electron chi connectivity index (χ4n) is 2.55. The molecule has 2 aromatic carbocycles. The van der Waals surface area contributed by atoms with Gasteiger partial charge in [-0.3, -0.25) is 0 Å². The van der Waals surface area contributed by atoms with E-state index in [2.05, 4.69) is 5.43 Å². The van der Waals surface area contributed by atoms with Crippen molar-refractivity contribution >= 4 is 5.69 Å². The topological polar surface area (TPSA) is 35.5 Å². The van der Waals surface area contributed by atoms with Gasteiger partial charge in [0.2, 0.25) is 0 Å². The van der Waals surface area contributed by atoms with E-state index in [4.69, 9.17) is 0 Å². The first-order chi connectivity index (χ1) is 9.72. The zero-order chi connectivity index (χ0) is 13.9. The third kappa shape index (κ3) is 2.81. The first-order valence-corrected chi connectivity index (χ1v) is 6.74. The summed E-state index contributed by atoms with van der Waals surface area (Å²) in [5.74, 6) is -0.258. The Kier molecular flexibility index (Phi) is 3.67. The number of nitrogens with zero attached hydrogens (tertiary/aromatic N) is 1. The molecule has 3 nitrogen and oxygen atoms in total. The molecule has 1 saturated heterocycles. The molecule has 2 unspecified atom stereocenters. The summed E-state index contributed by atoms with van der Waals surface area (Å²) in [6.45, 7) is 0.495. The smallest absolute Gasteiger partial charge is 0.123 e. The van der Waals surface area contributed by atoms with Crippen LogP contribution in [0, 0.1) is 5.82 Å². The van der Waals surface area contributed by atoms with Crippen LogP contribution in [0.15, 0.2) is 54.6 Å². The van der Waals surface area contributed by atoms with E-state index >= 15 is 0 Å². The van der Waals surface area contributed by atoms with Crippen LogP contribution in [0.3, 0.4) is 0 Å². The van der Waals surface area contributed by atoms with Crippen molar-refractivity contribution in [1.82, 2.24) is 5.43 Å². The molecule has 1 fully saturated rings. The molecule has 0 spiro atoms. The minimum Gasteiger partial charge on any atom is -0.391 e. The minimum atomic E-state index is -0.411. The largest absolute Gasteiger partial charge is 0.391 e. The van der Waals surface area contributed by atoms with Crippen molar-refractivity contribution in [1.29, 1.82) is 0 Å². The zero-order valence-corrected chi connectivity index (χ0v) is 11.0. The van der Waals surface area contributed by atoms with Crippen molar-refractivity contribution in [2.45, 2.75) is 18.6 Å². The molecule has 0 amide bonds. The second kappa shape index (κ2) is 5.61. The van der Waals surface area contributed by atoms with Crippen LogP contribution in [0.5, 0.6) is 0 Å². The van der Waals surface area contributed by atoms with E-state index in [0.717, 1.165) is 11.3 Å². The number of hydrogen-bond acceptors (Lipinski definition) is 3. The van der Waals surface area contributed by atoms with Crippen molar-refractivity contribution in [3.63, 3.8) is 0 Å². The van der Waals surface area contributed by atoms with E-state index in [1.807, 2.05) is 35.3 Å². The Bertz CT molecular complexity index is 558. The number of hydrazine groups is 1. The minimum absolute atomic E-state index is 0.0602. The molecule has 0 aromatic heterocycles. The summed E-state index contributed by atoms with van der Waals surface area (Å²) in [5.41, 5.74) is 5.38. The van der Waals surface area contributed by atoms with E-state index in [1.54, 1.807) is 12.1 Å². The standard InChI is InChI=1S/C16H17FN2O/c17-13-6-8-14(9-7-13)19-11-15(20)10-16(18-19)12-4-2-1-3-5-12/h1-9,15-16,18,20H,10-11H2. The fourth-order valence-corrected chi connectivity index (χ4v) is 2.55. The SMILES string of the molecule is OC1CC(c2ccccc2)NN(c2ccc(F)cc2)C1. The number of nitrogens with one attached hydrogen (secondary N) is 1. The average molecular weight is 272 g/mol. The highest BCUT2D eigenvalue weighted by Gasteiger charge is 2.26. The van der Waals surface area contributed by atoms with Crippen LogP contribution < -0.4 is 10.4 Å². The van der Waals surface area contributed by atoms with Crippen LogP contribution in [-0.4, -0.2) is 17.8 Å². The highest BCUT2D eigenvalue weighted by Crippen LogP contribution is 2.26. The first-order valence-electron chi connectivity index (χ1n) is 6.74. The lowest BCUT2D eigenvalue weighted by Crippen LogP contribution is -2.51. The van der Waals surface area contributed by atoms with E-state index < -0.39 is 6.10 Å². The van der Waals surface area contributed by atoms with Crippen molar-refractivity contribution in [2.24, 2.45) is 0 Å². The van der Waals surface area contributed by atoms with Crippen LogP contribution in [0.4, 0.5) is 10.1 Å². The monoisotopic (exact) mass is 272 g/mol. The molecular formula is C16H17FN2O. The van der Waals surface area contributed by atoms with Gasteiger partial charge in [0.1, 0.15) is 5.82 Å². The van der Waals surface area contributed by atoms with Gasteiger partial charge < -0.3 is 10.1 Å². The Hall–Kier alpha value is -1.91. The Morgan fingerprint density at radius 3 is 2.45 bits per heavy atom. The maximum absolute atomic E-state index is 13.0. The molecule has 104 valence electrons. The molecule has 1 aliphatic heterocycles. The highest BCUT2D eigenvalue weighted by atomic mass is 19.1. The quantitative estimate of drug-likeness (QED) is 0.882. The summed E-state index contributed by atoms with van der Waals surface area (Å²) >= 11 is 0. The van der Waals surface area contributed by atoms with Crippen LogP contribution in [-0.2, 0) is 0 Å². The number of rotatable bonds is 2. The maximum Gasteiger partial charge on any atom is 0.123 e. The van der Waals surface area contributed by atoms with Crippen molar-refractivity contribution < 1.29 is 9.50 Å². The van der Waals surface area contributed by atoms with Gasteiger partial charge in [0.25, 0.3) is 0 Å². The predicted octanol–water partition coefficient (Wildman–Crippen LogP) is 2.64. The lowest BCUT2D eigenvalue weighted by Gasteiger charge is -2.38. The van der Waals surface area contributed by atoms with Crippen molar-refractivity contribution in [2.75, 3.05) is 11.6 Å². The highest BCUT2D eigenvalue weighted by molar-refractivity contribution is 5.46. The summed E-state index contributed by atoms with van der Waals surface area (Å²) in [4.78, 5) is 0. The molecule has 2 aromatic rings. The van der Waals surface area contributed by atoms with E-state index in [9.17, 15) is 9.50 Å². The molecule has 0 radical (unpaired) electrons. The number of aliphatic hydroxyl groups is 1. The summed E-state index contributed by atoms with van der Waals surface area (Å²) in [6.07, 6.45) is 0.258. The molecule has 20 heavy (non-hydrogen) atoms. The predicted molar refractivity (Wildman–Crippen MR) is 76.7 cm³/mol. The maximum atomic E-state index is 13.0. The van der Waals surface area contributed by atoms with Gasteiger partial charge in [0.05, 0.1) is 24.4 Å². The van der Waals surface area contributed by atoms with Gasteiger partial charge in [-0.1, -0.05) is 30.3 Å². The molecule has 3 rings (SSSR count). The molecular weight excluding hydrogens is 255 g/mol. The summed E-state index contributed by atoms with van der Waals surface area (Å²) < 4.78 is 13.0. The summed E-state index contributed by atoms with van der Waals surface area (Å²) in [5, 5.41) is 12.0. The number of hydrogen-bond donors (Lipinski definition) is 2. The number of anilines is 1. The summed E-state index contributed by atoms with van der Waals surface area (Å²) in [7, 11) is 0. The first kappa shape index (κ1) is 13.1. The summed E-state index contributed by atoms with van der Waals surface area (Å²) in [6, 6.07) is 16.4. The number of aliphatic hydroxyl groups excluding tert-OH is 1. The lowest BCUT2D eigenvalue weighted by molar-refractivity contribution is 0.126. The zero-order valence-electron chi connectivity index (χ0n) is 11.0. The average Bonchev–Trinajstić information content (AvgIpc) is 2.48. The lowest BCUT2D eigenvalue weighted by atomic mass is 9.99. The second-order valence-corrected chi connectivity index (χ2v) is 5.07. The van der Waals surface area contributed by atoms with Crippen LogP contribution in [0.2, 0.25) is 0 Å². The van der Waals surface area contributed by atoms with Gasteiger partial charge in [0.15, 0.2) is 0 Å². The van der Waals surface area contributed by atoms with Gasteiger partial charge in [-0.15, -0.1) is 0 Å². The second-order valence-electron chi connectivity index (χ2n) is 5.07. The Morgan fingerprint density at radius 2 is 1.75 bits per heavy atom. The molecule has 1 heterocycles. The van der Waals surface area contributed by atoms with Gasteiger partial charge in [-0.25, -0.2) is 9.82 Å². The molecule has 4 heteroatoms. The van der Waals surface area contributed by atoms with Crippen LogP contribution in [0.1, 0.15) is 18.0 Å². The number of benzene rings is 2. The third-order valence-corrected chi connectivity index (χ3v) is 3.55. The van der Waals surface area contributed by atoms with Gasteiger partial charge in [-0.2, -0.15) is 0 Å². The Balaban J connectivity index is 1.81. The van der Waals surface area contributed by atoms with Crippen LogP contribution in [0.25, 0.3) is 0 Å². The number of β-amino-alcohol motifs (C(OH)–C–C–N with tert-alkyl or cyclic N) is 1. The Labute approximate surface area is 117 Å². The van der Waals surface area contributed by atoms with Gasteiger partial charge in [-0.05, 0) is 36.2 Å². The molecule has 0 bridgehead atoms. The van der Waals surface area contributed by atoms with E-state index in [-0.39, 0.29) is 11.9 Å². The van der Waals surface area contributed by atoms with Gasteiger partial charge in [0, 0.05) is 0 Å². The third-order valence-electron chi connectivity index (χ3n) is 3.55. The van der Waals surface area contributed by atoms with Crippen molar-refractivity contribution in [3.8, 4) is 0 Å². The van der Waals surface area contributed by atoms with E-state index in [1.165, 1.54) is 12.1 Å². The normalized spacial score (nSPS) is 22.8. The fraction of sp³-hybridized carbons (Fsp3) is 0.250. The molecule has 2 atom stereocenters. The number of halogens is 1. The van der Waals surface area contributed by atoms with Crippen LogP contribution >= 0.6 is 0 Å². The van der Waals surface area contributed by atoms with Gasteiger partial charge >= 0.3 is 0 Å².